The molecule has 0 saturated carbocycles. The average molecular weight is 292 g/mol. The smallest absolute Gasteiger partial charge is 0.211 e. The molecule has 2 atom stereocenters. The van der Waals surface area contributed by atoms with Gasteiger partial charge in [-0.1, -0.05) is 0 Å². The van der Waals surface area contributed by atoms with E-state index in [4.69, 9.17) is 9.47 Å². The van der Waals surface area contributed by atoms with Crippen LogP contribution in [0.5, 0.6) is 0 Å². The Bertz CT molecular complexity index is 368. The van der Waals surface area contributed by atoms with Crippen LogP contribution in [0.2, 0.25) is 0 Å². The maximum absolute atomic E-state index is 11.5. The van der Waals surface area contributed by atoms with Crippen LogP contribution in [0, 0.1) is 5.92 Å². The lowest BCUT2D eigenvalue weighted by Gasteiger charge is -2.31. The topological polar surface area (TPSA) is 67.9 Å². The fraction of sp³-hybridized carbons (Fsp3) is 1.00. The number of hydrogen-bond donors (Lipinski definition) is 1. The molecule has 2 aliphatic heterocycles. The zero-order valence-corrected chi connectivity index (χ0v) is 12.3. The van der Waals surface area contributed by atoms with Crippen molar-refractivity contribution in [2.24, 2.45) is 5.92 Å². The monoisotopic (exact) mass is 292 g/mol. The summed E-state index contributed by atoms with van der Waals surface area (Å²) in [6, 6.07) is 0. The summed E-state index contributed by atoms with van der Waals surface area (Å²) < 4.78 is 35.5. The molecule has 2 rings (SSSR count). The van der Waals surface area contributed by atoms with Crippen molar-refractivity contribution in [2.45, 2.75) is 18.9 Å². The van der Waals surface area contributed by atoms with Gasteiger partial charge in [-0.05, 0) is 25.3 Å². The van der Waals surface area contributed by atoms with Gasteiger partial charge in [0.15, 0.2) is 0 Å². The van der Waals surface area contributed by atoms with Gasteiger partial charge in [-0.15, -0.1) is 0 Å². The molecule has 2 fully saturated rings. The SMILES string of the molecule is CS(=O)(=O)N1CCCC(CNCC2COCCO2)C1. The molecule has 2 heterocycles. The molecule has 0 aromatic rings. The van der Waals surface area contributed by atoms with Crippen LogP contribution >= 0.6 is 0 Å². The quantitative estimate of drug-likeness (QED) is 0.751. The van der Waals surface area contributed by atoms with E-state index in [1.165, 1.54) is 6.26 Å². The molecule has 2 aliphatic rings. The normalized spacial score (nSPS) is 30.4. The first-order valence-electron chi connectivity index (χ1n) is 6.91. The molecule has 6 nitrogen and oxygen atoms in total. The van der Waals surface area contributed by atoms with E-state index in [-0.39, 0.29) is 6.10 Å². The van der Waals surface area contributed by atoms with Crippen molar-refractivity contribution in [3.8, 4) is 0 Å². The molecule has 0 aromatic heterocycles. The predicted octanol–water partition coefficient (Wildman–Crippen LogP) is -0.337. The number of nitrogens with zero attached hydrogens (tertiary/aromatic N) is 1. The summed E-state index contributed by atoms with van der Waals surface area (Å²) in [5.74, 6) is 0.396. The minimum Gasteiger partial charge on any atom is -0.376 e. The van der Waals surface area contributed by atoms with Gasteiger partial charge in [0.2, 0.25) is 10.0 Å². The van der Waals surface area contributed by atoms with Crippen molar-refractivity contribution >= 4 is 10.0 Å². The molecule has 0 bridgehead atoms. The molecule has 0 amide bonds. The first-order chi connectivity index (χ1) is 9.05. The van der Waals surface area contributed by atoms with Crippen molar-refractivity contribution < 1.29 is 17.9 Å². The highest BCUT2D eigenvalue weighted by Crippen LogP contribution is 2.17. The van der Waals surface area contributed by atoms with Gasteiger partial charge >= 0.3 is 0 Å². The summed E-state index contributed by atoms with van der Waals surface area (Å²) in [5.41, 5.74) is 0. The molecule has 1 N–H and O–H groups in total. The van der Waals surface area contributed by atoms with Gasteiger partial charge < -0.3 is 14.8 Å². The largest absolute Gasteiger partial charge is 0.376 e. The van der Waals surface area contributed by atoms with Crippen LogP contribution in [-0.2, 0) is 19.5 Å². The fourth-order valence-corrected chi connectivity index (χ4v) is 3.54. The molecule has 19 heavy (non-hydrogen) atoms. The van der Waals surface area contributed by atoms with Crippen LogP contribution in [0.25, 0.3) is 0 Å². The summed E-state index contributed by atoms with van der Waals surface area (Å²) in [5, 5.41) is 3.37. The highest BCUT2D eigenvalue weighted by atomic mass is 32.2. The first-order valence-corrected chi connectivity index (χ1v) is 8.75. The van der Waals surface area contributed by atoms with Crippen LogP contribution in [0.1, 0.15) is 12.8 Å². The lowest BCUT2D eigenvalue weighted by atomic mass is 10.00. The highest BCUT2D eigenvalue weighted by Gasteiger charge is 2.25. The van der Waals surface area contributed by atoms with Gasteiger partial charge in [-0.2, -0.15) is 0 Å². The Balaban J connectivity index is 1.67. The summed E-state index contributed by atoms with van der Waals surface area (Å²) in [7, 11) is -3.04. The Labute approximate surface area is 115 Å². The summed E-state index contributed by atoms with van der Waals surface area (Å²) in [6.07, 6.45) is 3.45. The minimum atomic E-state index is -3.04. The zero-order valence-electron chi connectivity index (χ0n) is 11.5. The van der Waals surface area contributed by atoms with E-state index in [2.05, 4.69) is 5.32 Å². The molecular formula is C12H24N2O4S. The lowest BCUT2D eigenvalue weighted by Crippen LogP contribution is -2.44. The Kier molecular flexibility index (Phi) is 5.58. The van der Waals surface area contributed by atoms with Crippen LogP contribution in [-0.4, -0.2) is 71.1 Å². The van der Waals surface area contributed by atoms with E-state index in [0.717, 1.165) is 25.9 Å². The van der Waals surface area contributed by atoms with Crippen molar-refractivity contribution in [3.63, 3.8) is 0 Å². The third-order valence-electron chi connectivity index (χ3n) is 3.64. The number of sulfonamides is 1. The Morgan fingerprint density at radius 1 is 1.32 bits per heavy atom. The summed E-state index contributed by atoms with van der Waals surface area (Å²) >= 11 is 0. The average Bonchev–Trinajstić information content (AvgIpc) is 2.39. The fourth-order valence-electron chi connectivity index (χ4n) is 2.60. The Hall–Kier alpha value is -0.210. The van der Waals surface area contributed by atoms with E-state index in [1.807, 2.05) is 0 Å². The number of ether oxygens (including phenoxy) is 2. The van der Waals surface area contributed by atoms with Gasteiger partial charge in [-0.3, -0.25) is 0 Å². The Morgan fingerprint density at radius 3 is 2.84 bits per heavy atom. The molecule has 7 heteroatoms. The molecule has 0 aromatic carbocycles. The van der Waals surface area contributed by atoms with E-state index >= 15 is 0 Å². The third kappa shape index (κ3) is 5.00. The second-order valence-corrected chi connectivity index (χ2v) is 7.34. The van der Waals surface area contributed by atoms with Gasteiger partial charge in [0.05, 0.1) is 32.2 Å². The van der Waals surface area contributed by atoms with Gasteiger partial charge in [0.25, 0.3) is 0 Å². The molecule has 0 spiro atoms. The number of hydrogen-bond acceptors (Lipinski definition) is 5. The predicted molar refractivity (Wildman–Crippen MR) is 72.6 cm³/mol. The maximum atomic E-state index is 11.5. The summed E-state index contributed by atoms with van der Waals surface area (Å²) in [6.45, 7) is 4.90. The van der Waals surface area contributed by atoms with Crippen molar-refractivity contribution in [2.75, 3.05) is 52.3 Å². The standard InChI is InChI=1S/C12H24N2O4S/c1-19(15,16)14-4-2-3-11(9-14)7-13-8-12-10-17-5-6-18-12/h11-13H,2-10H2,1H3. The van der Waals surface area contributed by atoms with Crippen molar-refractivity contribution in [3.05, 3.63) is 0 Å². The van der Waals surface area contributed by atoms with Crippen molar-refractivity contribution in [1.29, 1.82) is 0 Å². The number of nitrogens with one attached hydrogen (secondary N) is 1. The second-order valence-electron chi connectivity index (χ2n) is 5.36. The van der Waals surface area contributed by atoms with Gasteiger partial charge in [-0.25, -0.2) is 12.7 Å². The molecule has 112 valence electrons. The van der Waals surface area contributed by atoms with Crippen LogP contribution in [0.3, 0.4) is 0 Å². The number of piperidine rings is 1. The maximum Gasteiger partial charge on any atom is 0.211 e. The van der Waals surface area contributed by atoms with Crippen LogP contribution in [0.15, 0.2) is 0 Å². The highest BCUT2D eigenvalue weighted by molar-refractivity contribution is 7.88. The number of rotatable bonds is 5. The van der Waals surface area contributed by atoms with Crippen LogP contribution < -0.4 is 5.32 Å². The molecule has 0 aliphatic carbocycles. The van der Waals surface area contributed by atoms with E-state index < -0.39 is 10.0 Å². The lowest BCUT2D eigenvalue weighted by molar-refractivity contribution is -0.0865. The Morgan fingerprint density at radius 2 is 2.16 bits per heavy atom. The molecular weight excluding hydrogens is 268 g/mol. The molecule has 0 radical (unpaired) electrons. The zero-order chi connectivity index (χ0) is 13.7. The van der Waals surface area contributed by atoms with E-state index in [1.54, 1.807) is 4.31 Å². The third-order valence-corrected chi connectivity index (χ3v) is 4.91. The first kappa shape index (κ1) is 15.2. The molecule has 2 unspecified atom stereocenters. The van der Waals surface area contributed by atoms with E-state index in [9.17, 15) is 8.42 Å². The van der Waals surface area contributed by atoms with Crippen molar-refractivity contribution in [1.82, 2.24) is 9.62 Å². The van der Waals surface area contributed by atoms with Crippen LogP contribution in [0.4, 0.5) is 0 Å². The molecule has 2 saturated heterocycles. The summed E-state index contributed by atoms with van der Waals surface area (Å²) in [4.78, 5) is 0. The van der Waals surface area contributed by atoms with E-state index in [0.29, 0.717) is 38.8 Å². The second kappa shape index (κ2) is 6.99. The van der Waals surface area contributed by atoms with Gasteiger partial charge in [0.1, 0.15) is 0 Å². The van der Waals surface area contributed by atoms with Gasteiger partial charge in [0, 0.05) is 19.6 Å². The minimum absolute atomic E-state index is 0.128.